The second kappa shape index (κ2) is 6.41. The molecule has 2 heterocycles. The molecule has 0 bridgehead atoms. The predicted molar refractivity (Wildman–Crippen MR) is 91.1 cm³/mol. The third-order valence-electron chi connectivity index (χ3n) is 3.40. The Kier molecular flexibility index (Phi) is 4.15. The molecule has 2 N–H and O–H groups in total. The van der Waals surface area contributed by atoms with Gasteiger partial charge in [0.25, 0.3) is 5.56 Å². The van der Waals surface area contributed by atoms with Gasteiger partial charge in [0.05, 0.1) is 18.0 Å². The van der Waals surface area contributed by atoms with Crippen LogP contribution in [0.2, 0.25) is 0 Å². The van der Waals surface area contributed by atoms with Crippen LogP contribution >= 0.6 is 0 Å². The number of para-hydroxylation sites is 2. The van der Waals surface area contributed by atoms with Crippen LogP contribution in [0, 0.1) is 0 Å². The molecule has 1 aliphatic heterocycles. The third-order valence-corrected chi connectivity index (χ3v) is 3.40. The van der Waals surface area contributed by atoms with Crippen LogP contribution in [0.5, 0.6) is 11.6 Å². The summed E-state index contributed by atoms with van der Waals surface area (Å²) in [7, 11) is 0. The number of aromatic nitrogens is 2. The van der Waals surface area contributed by atoms with Crippen molar-refractivity contribution >= 4 is 12.3 Å². The number of allylic oxidation sites excluding steroid dienone is 2. The van der Waals surface area contributed by atoms with Crippen molar-refractivity contribution in [1.29, 1.82) is 0 Å². The zero-order chi connectivity index (χ0) is 17.1. The third kappa shape index (κ3) is 2.79. The molecule has 7 heteroatoms. The largest absolute Gasteiger partial charge is 0.494 e. The van der Waals surface area contributed by atoms with Gasteiger partial charge in [-0.25, -0.2) is 9.36 Å². The van der Waals surface area contributed by atoms with Crippen molar-refractivity contribution in [2.45, 2.75) is 6.92 Å². The van der Waals surface area contributed by atoms with Gasteiger partial charge in [-0.3, -0.25) is 14.8 Å². The van der Waals surface area contributed by atoms with Crippen LogP contribution in [-0.2, 0) is 0 Å². The minimum Gasteiger partial charge on any atom is -0.494 e. The Morgan fingerprint density at radius 2 is 2.12 bits per heavy atom. The van der Waals surface area contributed by atoms with E-state index >= 15 is 0 Å². The second-order valence-electron chi connectivity index (χ2n) is 4.94. The number of H-pyrrole nitrogens is 1. The highest BCUT2D eigenvalue weighted by atomic mass is 16.5. The molecule has 0 aliphatic carbocycles. The van der Waals surface area contributed by atoms with E-state index in [4.69, 9.17) is 4.74 Å². The second-order valence-corrected chi connectivity index (χ2v) is 4.94. The van der Waals surface area contributed by atoms with E-state index in [9.17, 15) is 14.7 Å². The fourth-order valence-electron chi connectivity index (χ4n) is 2.36. The van der Waals surface area contributed by atoms with Crippen molar-refractivity contribution in [1.82, 2.24) is 9.55 Å². The first-order valence-electron chi connectivity index (χ1n) is 7.34. The summed E-state index contributed by atoms with van der Waals surface area (Å²) in [5.41, 5.74) is -0.662. The highest BCUT2D eigenvalue weighted by Gasteiger charge is 2.17. The van der Waals surface area contributed by atoms with E-state index in [-0.39, 0.29) is 5.56 Å². The van der Waals surface area contributed by atoms with Gasteiger partial charge in [-0.05, 0) is 37.3 Å². The first kappa shape index (κ1) is 15.5. The molecule has 24 heavy (non-hydrogen) atoms. The fraction of sp³-hybridized carbons (Fsp3) is 0.118. The number of hydrogen-bond donors (Lipinski definition) is 2. The molecule has 0 fully saturated rings. The van der Waals surface area contributed by atoms with E-state index in [0.29, 0.717) is 23.7 Å². The van der Waals surface area contributed by atoms with Crippen LogP contribution in [-0.4, -0.2) is 27.5 Å². The number of aromatic amines is 1. The average Bonchev–Trinajstić information content (AvgIpc) is 3.06. The summed E-state index contributed by atoms with van der Waals surface area (Å²) >= 11 is 0. The van der Waals surface area contributed by atoms with E-state index in [0.717, 1.165) is 4.57 Å². The number of nitrogens with one attached hydrogen (secondary N) is 1. The lowest BCUT2D eigenvalue weighted by molar-refractivity contribution is 0.336. The van der Waals surface area contributed by atoms with Crippen LogP contribution in [0.3, 0.4) is 0 Å². The zero-order valence-corrected chi connectivity index (χ0v) is 12.9. The molecule has 0 saturated heterocycles. The van der Waals surface area contributed by atoms with Crippen LogP contribution in [0.25, 0.3) is 11.8 Å². The van der Waals surface area contributed by atoms with Crippen molar-refractivity contribution < 1.29 is 9.84 Å². The molecule has 1 aliphatic rings. The van der Waals surface area contributed by atoms with Gasteiger partial charge in [-0.15, -0.1) is 0 Å². The maximum Gasteiger partial charge on any atom is 0.335 e. The number of aliphatic imine (C=N–C) groups is 1. The Balaban J connectivity index is 2.25. The first-order chi connectivity index (χ1) is 11.6. The van der Waals surface area contributed by atoms with Gasteiger partial charge in [-0.2, -0.15) is 0 Å². The quantitative estimate of drug-likeness (QED) is 0.892. The van der Waals surface area contributed by atoms with Gasteiger partial charge < -0.3 is 9.84 Å². The van der Waals surface area contributed by atoms with E-state index in [1.165, 1.54) is 6.08 Å². The van der Waals surface area contributed by atoms with Gasteiger partial charge in [0.2, 0.25) is 5.88 Å². The van der Waals surface area contributed by atoms with Crippen molar-refractivity contribution in [3.8, 4) is 17.3 Å². The lowest BCUT2D eigenvalue weighted by atomic mass is 10.2. The average molecular weight is 325 g/mol. The Bertz CT molecular complexity index is 966. The van der Waals surface area contributed by atoms with Crippen molar-refractivity contribution in [2.24, 2.45) is 4.99 Å². The van der Waals surface area contributed by atoms with Crippen molar-refractivity contribution in [3.05, 3.63) is 68.5 Å². The van der Waals surface area contributed by atoms with Gasteiger partial charge in [-0.1, -0.05) is 12.1 Å². The monoisotopic (exact) mass is 325 g/mol. The SMILES string of the molecule is CCOc1ccccc1-n1c(O)c(/C=C2\C=CC=N2)c(=O)[nH]c1=O. The topological polar surface area (TPSA) is 96.7 Å². The molecule has 1 aromatic heterocycles. The van der Waals surface area contributed by atoms with Gasteiger partial charge >= 0.3 is 5.69 Å². The molecular formula is C17H15N3O4. The predicted octanol–water partition coefficient (Wildman–Crippen LogP) is 1.61. The summed E-state index contributed by atoms with van der Waals surface area (Å²) in [5, 5.41) is 10.5. The smallest absolute Gasteiger partial charge is 0.335 e. The number of benzene rings is 1. The summed E-state index contributed by atoms with van der Waals surface area (Å²) in [6.07, 6.45) is 6.37. The minimum absolute atomic E-state index is 0.0559. The van der Waals surface area contributed by atoms with Crippen molar-refractivity contribution in [3.63, 3.8) is 0 Å². The summed E-state index contributed by atoms with van der Waals surface area (Å²) < 4.78 is 6.49. The normalized spacial score (nSPS) is 14.5. The van der Waals surface area contributed by atoms with Crippen molar-refractivity contribution in [2.75, 3.05) is 6.61 Å². The van der Waals surface area contributed by atoms with E-state index in [1.807, 2.05) is 6.92 Å². The molecule has 0 spiro atoms. The standard InChI is InChI=1S/C17H15N3O4/c1-2-24-14-8-4-3-7-13(14)20-16(22)12(15(21)19-17(20)23)10-11-6-5-9-18-11/h3-10,22H,2H2,1H3,(H,19,21,23)/b11-10+. The summed E-state index contributed by atoms with van der Waals surface area (Å²) in [5.74, 6) is -0.0549. The number of aromatic hydroxyl groups is 1. The van der Waals surface area contributed by atoms with Crippen LogP contribution in [0.1, 0.15) is 12.5 Å². The number of rotatable bonds is 4. The molecule has 2 aromatic rings. The Labute approximate surface area is 136 Å². The van der Waals surface area contributed by atoms with Gasteiger partial charge in [0, 0.05) is 6.21 Å². The Morgan fingerprint density at radius 3 is 2.83 bits per heavy atom. The molecule has 0 radical (unpaired) electrons. The lowest BCUT2D eigenvalue weighted by Crippen LogP contribution is -2.30. The van der Waals surface area contributed by atoms with Crippen LogP contribution in [0.15, 0.2) is 56.7 Å². The molecule has 0 saturated carbocycles. The highest BCUT2D eigenvalue weighted by Crippen LogP contribution is 2.26. The minimum atomic E-state index is -0.753. The molecule has 0 atom stereocenters. The number of nitrogens with zero attached hydrogens (tertiary/aromatic N) is 2. The number of ether oxygens (including phenoxy) is 1. The number of hydrogen-bond acceptors (Lipinski definition) is 5. The fourth-order valence-corrected chi connectivity index (χ4v) is 2.36. The van der Waals surface area contributed by atoms with Gasteiger partial charge in [0.1, 0.15) is 11.3 Å². The molecule has 0 amide bonds. The summed E-state index contributed by atoms with van der Waals surface area (Å²) in [6, 6.07) is 6.76. The summed E-state index contributed by atoms with van der Waals surface area (Å²) in [4.78, 5) is 30.5. The molecular weight excluding hydrogens is 310 g/mol. The lowest BCUT2D eigenvalue weighted by Gasteiger charge is -2.14. The zero-order valence-electron chi connectivity index (χ0n) is 12.9. The maximum atomic E-state index is 12.2. The summed E-state index contributed by atoms with van der Waals surface area (Å²) in [6.45, 7) is 2.21. The molecule has 3 rings (SSSR count). The van der Waals surface area contributed by atoms with E-state index in [1.54, 1.807) is 42.6 Å². The first-order valence-corrected chi connectivity index (χ1v) is 7.34. The van der Waals surface area contributed by atoms with Crippen LogP contribution < -0.4 is 16.0 Å². The van der Waals surface area contributed by atoms with Gasteiger partial charge in [0.15, 0.2) is 0 Å². The molecule has 0 unspecified atom stereocenters. The maximum absolute atomic E-state index is 12.2. The van der Waals surface area contributed by atoms with Crippen LogP contribution in [0.4, 0.5) is 0 Å². The molecule has 7 nitrogen and oxygen atoms in total. The highest BCUT2D eigenvalue weighted by molar-refractivity contribution is 5.79. The molecule has 122 valence electrons. The Morgan fingerprint density at radius 1 is 1.33 bits per heavy atom. The molecule has 1 aromatic carbocycles. The Hall–Kier alpha value is -3.35. The van der Waals surface area contributed by atoms with E-state index in [2.05, 4.69) is 9.98 Å². The van der Waals surface area contributed by atoms with E-state index < -0.39 is 17.1 Å².